The second kappa shape index (κ2) is 7.37. The summed E-state index contributed by atoms with van der Waals surface area (Å²) in [5, 5.41) is 0. The van der Waals surface area contributed by atoms with Crippen molar-refractivity contribution in [2.75, 3.05) is 18.1 Å². The summed E-state index contributed by atoms with van der Waals surface area (Å²) in [6, 6.07) is 12.5. The van der Waals surface area contributed by atoms with Gasteiger partial charge in [-0.3, -0.25) is 4.79 Å². The minimum atomic E-state index is -4.48. The molecule has 1 aromatic heterocycles. The van der Waals surface area contributed by atoms with Gasteiger partial charge < -0.3 is 14.2 Å². The smallest absolute Gasteiger partial charge is 0.422 e. The highest BCUT2D eigenvalue weighted by molar-refractivity contribution is 9.10. The second-order valence-electron chi connectivity index (χ2n) is 6.92. The molecule has 0 bridgehead atoms. The number of carbonyl (C=O) groups is 1. The molecule has 1 amide bonds. The van der Waals surface area contributed by atoms with Crippen LogP contribution in [-0.2, 0) is 11.8 Å². The fourth-order valence-electron chi connectivity index (χ4n) is 3.65. The summed E-state index contributed by atoms with van der Waals surface area (Å²) < 4.78 is 45.3. The highest BCUT2D eigenvalue weighted by Crippen LogP contribution is 2.41. The van der Waals surface area contributed by atoms with Crippen LogP contribution in [0.4, 0.5) is 18.9 Å². The number of fused-ring (bicyclic) bond motifs is 1. The Morgan fingerprint density at radius 3 is 2.69 bits per heavy atom. The molecular formula is C20H17BrF3N3O2. The minimum absolute atomic E-state index is 0.00354. The van der Waals surface area contributed by atoms with Gasteiger partial charge in [-0.25, -0.2) is 4.98 Å². The fraction of sp³-hybridized carbons (Fsp3) is 0.300. The number of anilines is 1. The van der Waals surface area contributed by atoms with Crippen LogP contribution in [-0.4, -0.2) is 34.8 Å². The van der Waals surface area contributed by atoms with Gasteiger partial charge in [-0.2, -0.15) is 13.2 Å². The Balaban J connectivity index is 1.65. The summed E-state index contributed by atoms with van der Waals surface area (Å²) in [6.07, 6.45) is -4.25. The lowest BCUT2D eigenvalue weighted by Gasteiger charge is -2.22. The van der Waals surface area contributed by atoms with E-state index in [-0.39, 0.29) is 24.0 Å². The zero-order valence-corrected chi connectivity index (χ0v) is 17.0. The van der Waals surface area contributed by atoms with Gasteiger partial charge >= 0.3 is 6.18 Å². The Bertz CT molecular complexity index is 1080. The van der Waals surface area contributed by atoms with E-state index in [9.17, 15) is 18.0 Å². The van der Waals surface area contributed by atoms with Crippen LogP contribution >= 0.6 is 15.9 Å². The van der Waals surface area contributed by atoms with Crippen molar-refractivity contribution in [2.45, 2.75) is 18.5 Å². The van der Waals surface area contributed by atoms with Gasteiger partial charge in [0.05, 0.1) is 21.2 Å². The van der Waals surface area contributed by atoms with E-state index < -0.39 is 12.8 Å². The molecule has 1 fully saturated rings. The Labute approximate surface area is 173 Å². The predicted octanol–water partition coefficient (Wildman–Crippen LogP) is 4.80. The van der Waals surface area contributed by atoms with Crippen LogP contribution in [0.5, 0.6) is 5.75 Å². The number of nitrogens with zero attached hydrogens (tertiary/aromatic N) is 3. The van der Waals surface area contributed by atoms with Crippen molar-refractivity contribution in [3.8, 4) is 5.75 Å². The number of alkyl halides is 3. The number of aromatic nitrogens is 2. The number of ether oxygens (including phenoxy) is 1. The molecule has 2 aromatic carbocycles. The topological polar surface area (TPSA) is 47.4 Å². The zero-order valence-electron chi connectivity index (χ0n) is 15.4. The number of amides is 1. The van der Waals surface area contributed by atoms with E-state index >= 15 is 0 Å². The second-order valence-corrected chi connectivity index (χ2v) is 7.77. The summed E-state index contributed by atoms with van der Waals surface area (Å²) in [6.45, 7) is -1.12. The molecule has 1 saturated heterocycles. The molecule has 152 valence electrons. The first-order chi connectivity index (χ1) is 13.7. The number of hydrogen-bond acceptors (Lipinski definition) is 3. The number of benzene rings is 2. The average molecular weight is 468 g/mol. The summed E-state index contributed by atoms with van der Waals surface area (Å²) in [5.41, 5.74) is 2.12. The van der Waals surface area contributed by atoms with E-state index in [4.69, 9.17) is 4.74 Å². The number of carbonyl (C=O) groups excluding carboxylic acids is 1. The lowest BCUT2D eigenvalue weighted by Crippen LogP contribution is -2.26. The molecule has 1 aliphatic heterocycles. The van der Waals surface area contributed by atoms with Crippen LogP contribution in [0.2, 0.25) is 0 Å². The van der Waals surface area contributed by atoms with E-state index in [0.29, 0.717) is 16.7 Å². The number of aryl methyl sites for hydroxylation is 1. The van der Waals surface area contributed by atoms with Crippen LogP contribution in [0.1, 0.15) is 18.2 Å². The van der Waals surface area contributed by atoms with Crippen LogP contribution in [0.25, 0.3) is 11.0 Å². The maximum Gasteiger partial charge on any atom is 0.422 e. The van der Waals surface area contributed by atoms with E-state index in [2.05, 4.69) is 20.9 Å². The van der Waals surface area contributed by atoms with Crippen molar-refractivity contribution in [1.82, 2.24) is 9.55 Å². The number of para-hydroxylation sites is 3. The van der Waals surface area contributed by atoms with Crippen molar-refractivity contribution in [3.63, 3.8) is 0 Å². The average Bonchev–Trinajstić information content (AvgIpc) is 3.20. The maximum absolute atomic E-state index is 12.7. The van der Waals surface area contributed by atoms with Gasteiger partial charge in [-0.15, -0.1) is 0 Å². The lowest BCUT2D eigenvalue weighted by atomic mass is 10.1. The third-order valence-electron chi connectivity index (χ3n) is 4.93. The lowest BCUT2D eigenvalue weighted by molar-refractivity contribution is -0.153. The van der Waals surface area contributed by atoms with Crippen molar-refractivity contribution >= 4 is 38.6 Å². The van der Waals surface area contributed by atoms with Gasteiger partial charge in [0.2, 0.25) is 5.91 Å². The van der Waals surface area contributed by atoms with Gasteiger partial charge in [0, 0.05) is 25.9 Å². The van der Waals surface area contributed by atoms with E-state index in [1.54, 1.807) is 18.2 Å². The molecule has 0 aliphatic carbocycles. The molecule has 0 saturated carbocycles. The molecule has 9 heteroatoms. The van der Waals surface area contributed by atoms with Crippen LogP contribution < -0.4 is 9.64 Å². The Morgan fingerprint density at radius 2 is 1.97 bits per heavy atom. The fourth-order valence-corrected chi connectivity index (χ4v) is 4.12. The summed E-state index contributed by atoms with van der Waals surface area (Å²) in [7, 11) is 1.90. The molecule has 0 spiro atoms. The largest absolute Gasteiger partial charge is 0.481 e. The summed E-state index contributed by atoms with van der Waals surface area (Å²) >= 11 is 3.23. The zero-order chi connectivity index (χ0) is 20.8. The summed E-state index contributed by atoms with van der Waals surface area (Å²) in [4.78, 5) is 18.9. The molecule has 3 aromatic rings. The van der Waals surface area contributed by atoms with Gasteiger partial charge in [0.1, 0.15) is 5.82 Å². The monoisotopic (exact) mass is 467 g/mol. The predicted molar refractivity (Wildman–Crippen MR) is 106 cm³/mol. The molecule has 1 atom stereocenters. The highest BCUT2D eigenvalue weighted by Gasteiger charge is 2.37. The van der Waals surface area contributed by atoms with Crippen molar-refractivity contribution in [1.29, 1.82) is 0 Å². The molecule has 4 rings (SSSR count). The summed E-state index contributed by atoms with van der Waals surface area (Å²) in [5.74, 6) is 0.421. The van der Waals surface area contributed by atoms with E-state index in [0.717, 1.165) is 16.9 Å². The highest BCUT2D eigenvalue weighted by atomic mass is 79.9. The first-order valence-corrected chi connectivity index (χ1v) is 9.73. The number of hydrogen-bond donors (Lipinski definition) is 0. The Hall–Kier alpha value is -2.55. The first kappa shape index (κ1) is 19.8. The van der Waals surface area contributed by atoms with Gasteiger partial charge in [0.15, 0.2) is 12.4 Å². The van der Waals surface area contributed by atoms with Crippen LogP contribution in [0.15, 0.2) is 46.9 Å². The van der Waals surface area contributed by atoms with Crippen molar-refractivity contribution < 1.29 is 22.7 Å². The van der Waals surface area contributed by atoms with Gasteiger partial charge in [-0.1, -0.05) is 18.2 Å². The number of rotatable bonds is 4. The Kier molecular flexibility index (Phi) is 5.02. The van der Waals surface area contributed by atoms with Gasteiger partial charge in [0.25, 0.3) is 0 Å². The third-order valence-corrected chi connectivity index (χ3v) is 5.55. The van der Waals surface area contributed by atoms with Crippen LogP contribution in [0.3, 0.4) is 0 Å². The minimum Gasteiger partial charge on any atom is -0.481 e. The SMILES string of the molecule is Cn1c(C2CC(=O)N(c3cccc(Br)c3OCC(F)(F)F)C2)nc2ccccc21. The first-order valence-electron chi connectivity index (χ1n) is 8.94. The standard InChI is InChI=1S/C20H17BrF3N3O2/c1-26-15-7-3-2-6-14(15)25-19(26)12-9-17(28)27(10-12)16-8-4-5-13(21)18(16)29-11-20(22,23)24/h2-8,12H,9-11H2,1H3. The maximum atomic E-state index is 12.7. The number of halogens is 4. The molecule has 5 nitrogen and oxygen atoms in total. The van der Waals surface area contributed by atoms with Crippen LogP contribution in [0, 0.1) is 0 Å². The molecule has 2 heterocycles. The van der Waals surface area contributed by atoms with E-state index in [1.807, 2.05) is 35.9 Å². The molecule has 1 unspecified atom stereocenters. The molecule has 1 aliphatic rings. The van der Waals surface area contributed by atoms with Gasteiger partial charge in [-0.05, 0) is 40.2 Å². The molecule has 0 N–H and O–H groups in total. The molecular weight excluding hydrogens is 451 g/mol. The molecule has 29 heavy (non-hydrogen) atoms. The number of imidazole rings is 1. The molecule has 0 radical (unpaired) electrons. The third kappa shape index (κ3) is 3.83. The Morgan fingerprint density at radius 1 is 1.21 bits per heavy atom. The van der Waals surface area contributed by atoms with Crippen molar-refractivity contribution in [2.24, 2.45) is 7.05 Å². The normalized spacial score (nSPS) is 17.3. The van der Waals surface area contributed by atoms with Crippen molar-refractivity contribution in [3.05, 3.63) is 52.8 Å². The quantitative estimate of drug-likeness (QED) is 0.553. The van der Waals surface area contributed by atoms with E-state index in [1.165, 1.54) is 4.90 Å².